The second-order valence-electron chi connectivity index (χ2n) is 3.70. The quantitative estimate of drug-likeness (QED) is 0.752. The van der Waals surface area contributed by atoms with Crippen LogP contribution in [0.5, 0.6) is 0 Å². The minimum absolute atomic E-state index is 0.211. The fourth-order valence-electron chi connectivity index (χ4n) is 1.46. The van der Waals surface area contributed by atoms with Gasteiger partial charge >= 0.3 is 0 Å². The highest BCUT2D eigenvalue weighted by Gasteiger charge is 2.28. The lowest BCUT2D eigenvalue weighted by Gasteiger charge is -2.13. The van der Waals surface area contributed by atoms with Gasteiger partial charge in [-0.3, -0.25) is 0 Å². The number of hydrogen-bond donors (Lipinski definition) is 2. The van der Waals surface area contributed by atoms with Gasteiger partial charge in [-0.1, -0.05) is 11.6 Å². The summed E-state index contributed by atoms with van der Waals surface area (Å²) in [5, 5.41) is 3.65. The molecule has 14 heavy (non-hydrogen) atoms. The number of anilines is 2. The van der Waals surface area contributed by atoms with Crippen LogP contribution in [-0.4, -0.2) is 16.0 Å². The summed E-state index contributed by atoms with van der Waals surface area (Å²) >= 11 is 5.76. The van der Waals surface area contributed by atoms with E-state index in [0.717, 1.165) is 5.92 Å². The third-order valence-corrected chi connectivity index (χ3v) is 2.61. The zero-order valence-electron chi connectivity index (χ0n) is 8.00. The van der Waals surface area contributed by atoms with Crippen LogP contribution in [0.25, 0.3) is 0 Å². The van der Waals surface area contributed by atoms with E-state index in [9.17, 15) is 0 Å². The molecule has 4 nitrogen and oxygen atoms in total. The maximum absolute atomic E-state index is 5.76. The van der Waals surface area contributed by atoms with Crippen LogP contribution in [-0.2, 0) is 0 Å². The van der Waals surface area contributed by atoms with E-state index in [2.05, 4.69) is 22.2 Å². The van der Waals surface area contributed by atoms with Crippen molar-refractivity contribution in [2.45, 2.75) is 25.8 Å². The Bertz CT molecular complexity index is 317. The minimum atomic E-state index is 0.211. The number of aromatic nitrogens is 2. The average molecular weight is 213 g/mol. The zero-order chi connectivity index (χ0) is 10.1. The average Bonchev–Trinajstić information content (AvgIpc) is 2.82. The third kappa shape index (κ3) is 2.26. The lowest BCUT2D eigenvalue weighted by molar-refractivity contribution is 0.690. The Kier molecular flexibility index (Phi) is 2.46. The Labute approximate surface area is 87.9 Å². The van der Waals surface area contributed by atoms with E-state index >= 15 is 0 Å². The predicted molar refractivity (Wildman–Crippen MR) is 57.3 cm³/mol. The number of halogens is 1. The molecule has 0 bridgehead atoms. The Morgan fingerprint density at radius 2 is 2.29 bits per heavy atom. The second-order valence-corrected chi connectivity index (χ2v) is 4.09. The molecule has 0 spiro atoms. The van der Waals surface area contributed by atoms with Crippen molar-refractivity contribution in [2.75, 3.05) is 11.1 Å². The monoisotopic (exact) mass is 212 g/mol. The Morgan fingerprint density at radius 3 is 2.86 bits per heavy atom. The van der Waals surface area contributed by atoms with E-state index in [1.54, 1.807) is 6.07 Å². The lowest BCUT2D eigenvalue weighted by atomic mass is 10.2. The lowest BCUT2D eigenvalue weighted by Crippen LogP contribution is -2.18. The molecule has 1 aromatic heterocycles. The summed E-state index contributed by atoms with van der Waals surface area (Å²) < 4.78 is 0. The molecule has 0 aliphatic heterocycles. The highest BCUT2D eigenvalue weighted by molar-refractivity contribution is 6.29. The van der Waals surface area contributed by atoms with Gasteiger partial charge in [0.05, 0.1) is 0 Å². The number of hydrogen-bond acceptors (Lipinski definition) is 4. The van der Waals surface area contributed by atoms with E-state index in [-0.39, 0.29) is 5.95 Å². The van der Waals surface area contributed by atoms with Gasteiger partial charge in [0.15, 0.2) is 0 Å². The Balaban J connectivity index is 2.07. The second kappa shape index (κ2) is 3.61. The summed E-state index contributed by atoms with van der Waals surface area (Å²) in [6.07, 6.45) is 2.59. The molecular weight excluding hydrogens is 200 g/mol. The van der Waals surface area contributed by atoms with Gasteiger partial charge in [0, 0.05) is 12.1 Å². The van der Waals surface area contributed by atoms with Crippen molar-refractivity contribution >= 4 is 23.4 Å². The van der Waals surface area contributed by atoms with Crippen LogP contribution in [0, 0.1) is 5.92 Å². The number of nitrogens with one attached hydrogen (secondary N) is 1. The Hall–Kier alpha value is -1.03. The van der Waals surface area contributed by atoms with E-state index in [1.807, 2.05) is 0 Å². The first-order valence-corrected chi connectivity index (χ1v) is 5.09. The molecule has 0 amide bonds. The van der Waals surface area contributed by atoms with Crippen molar-refractivity contribution in [2.24, 2.45) is 5.92 Å². The molecule has 0 aromatic carbocycles. The molecule has 1 saturated carbocycles. The number of nitrogens with zero attached hydrogens (tertiary/aromatic N) is 2. The molecule has 76 valence electrons. The topological polar surface area (TPSA) is 63.8 Å². The molecule has 1 heterocycles. The van der Waals surface area contributed by atoms with Crippen molar-refractivity contribution in [3.05, 3.63) is 11.2 Å². The number of nitrogen functional groups attached to an aromatic ring is 1. The largest absolute Gasteiger partial charge is 0.368 e. The normalized spacial score (nSPS) is 17.9. The molecule has 2 rings (SSSR count). The molecule has 0 saturated heterocycles. The first kappa shape index (κ1) is 9.52. The van der Waals surface area contributed by atoms with E-state index in [1.165, 1.54) is 12.8 Å². The first-order valence-electron chi connectivity index (χ1n) is 4.72. The molecule has 1 aliphatic rings. The SMILES string of the molecule is C[C@H](Nc1cc(Cl)nc(N)n1)C1CC1. The van der Waals surface area contributed by atoms with Crippen LogP contribution in [0.2, 0.25) is 5.15 Å². The van der Waals surface area contributed by atoms with Crippen LogP contribution in [0.15, 0.2) is 6.07 Å². The predicted octanol–water partition coefficient (Wildman–Crippen LogP) is 1.92. The molecule has 1 aliphatic carbocycles. The van der Waals surface area contributed by atoms with Gasteiger partial charge in [-0.15, -0.1) is 0 Å². The van der Waals surface area contributed by atoms with Crippen molar-refractivity contribution in [1.29, 1.82) is 0 Å². The van der Waals surface area contributed by atoms with Gasteiger partial charge in [0.2, 0.25) is 5.95 Å². The standard InChI is InChI=1S/C9H13ClN4/c1-5(6-2-3-6)12-8-4-7(10)13-9(11)14-8/h4-6H,2-3H2,1H3,(H3,11,12,13,14)/t5-/m0/s1. The molecule has 1 fully saturated rings. The van der Waals surface area contributed by atoms with Crippen molar-refractivity contribution < 1.29 is 0 Å². The highest BCUT2D eigenvalue weighted by Crippen LogP contribution is 2.33. The molecule has 1 atom stereocenters. The van der Waals surface area contributed by atoms with Gasteiger partial charge in [0.1, 0.15) is 11.0 Å². The van der Waals surface area contributed by atoms with Gasteiger partial charge < -0.3 is 11.1 Å². The van der Waals surface area contributed by atoms with E-state index in [0.29, 0.717) is 17.0 Å². The minimum Gasteiger partial charge on any atom is -0.368 e. The van der Waals surface area contributed by atoms with Crippen LogP contribution >= 0.6 is 11.6 Å². The molecular formula is C9H13ClN4. The van der Waals surface area contributed by atoms with Gasteiger partial charge in [-0.05, 0) is 25.7 Å². The first-order chi connectivity index (χ1) is 6.65. The fraction of sp³-hybridized carbons (Fsp3) is 0.556. The van der Waals surface area contributed by atoms with Crippen molar-refractivity contribution in [3.8, 4) is 0 Å². The van der Waals surface area contributed by atoms with Crippen LogP contribution in [0.1, 0.15) is 19.8 Å². The molecule has 0 unspecified atom stereocenters. The number of nitrogens with two attached hydrogens (primary N) is 1. The van der Waals surface area contributed by atoms with Gasteiger partial charge in [-0.2, -0.15) is 4.98 Å². The van der Waals surface area contributed by atoms with E-state index in [4.69, 9.17) is 17.3 Å². The molecule has 5 heteroatoms. The summed E-state index contributed by atoms with van der Waals surface area (Å²) in [7, 11) is 0. The summed E-state index contributed by atoms with van der Waals surface area (Å²) in [5.74, 6) is 1.69. The van der Waals surface area contributed by atoms with Gasteiger partial charge in [0.25, 0.3) is 0 Å². The fourth-order valence-corrected chi connectivity index (χ4v) is 1.65. The number of rotatable bonds is 3. The van der Waals surface area contributed by atoms with Crippen molar-refractivity contribution in [3.63, 3.8) is 0 Å². The van der Waals surface area contributed by atoms with Gasteiger partial charge in [-0.25, -0.2) is 4.98 Å². The van der Waals surface area contributed by atoms with Crippen LogP contribution in [0.4, 0.5) is 11.8 Å². The van der Waals surface area contributed by atoms with E-state index < -0.39 is 0 Å². The molecule has 3 N–H and O–H groups in total. The van der Waals surface area contributed by atoms with Crippen LogP contribution < -0.4 is 11.1 Å². The third-order valence-electron chi connectivity index (χ3n) is 2.42. The summed E-state index contributed by atoms with van der Waals surface area (Å²) in [6.45, 7) is 2.14. The Morgan fingerprint density at radius 1 is 1.57 bits per heavy atom. The molecule has 0 radical (unpaired) electrons. The molecule has 1 aromatic rings. The summed E-state index contributed by atoms with van der Waals surface area (Å²) in [4.78, 5) is 7.85. The summed E-state index contributed by atoms with van der Waals surface area (Å²) in [6, 6.07) is 2.12. The summed E-state index contributed by atoms with van der Waals surface area (Å²) in [5.41, 5.74) is 5.48. The zero-order valence-corrected chi connectivity index (χ0v) is 8.75. The van der Waals surface area contributed by atoms with Crippen LogP contribution in [0.3, 0.4) is 0 Å². The van der Waals surface area contributed by atoms with Crippen molar-refractivity contribution in [1.82, 2.24) is 9.97 Å². The maximum atomic E-state index is 5.76. The highest BCUT2D eigenvalue weighted by atomic mass is 35.5. The maximum Gasteiger partial charge on any atom is 0.223 e. The smallest absolute Gasteiger partial charge is 0.223 e.